The first-order chi connectivity index (χ1) is 10.1. The van der Waals surface area contributed by atoms with Gasteiger partial charge in [0.25, 0.3) is 0 Å². The van der Waals surface area contributed by atoms with E-state index in [-0.39, 0.29) is 5.78 Å². The smallest absolute Gasteiger partial charge is 0.166 e. The molecule has 0 saturated carbocycles. The van der Waals surface area contributed by atoms with Gasteiger partial charge in [0, 0.05) is 28.6 Å². The molecule has 1 aliphatic heterocycles. The number of nitrogens with zero attached hydrogens (tertiary/aromatic N) is 2. The number of rotatable bonds is 1. The standard InChI is InChI=1S/C16H10BrClN2O/c17-10-3-1-9(2-4-10)16-19-14-12(18)6-5-11-13(21)7-8-20(16)15(11)14/h1-6H,7-8H2. The van der Waals surface area contributed by atoms with Crippen molar-refractivity contribution in [3.05, 3.63) is 51.5 Å². The minimum Gasteiger partial charge on any atom is -0.323 e. The number of Topliss-reactive ketones (excluding diaryl/α,β-unsaturated/α-hetero) is 1. The van der Waals surface area contributed by atoms with Crippen LogP contribution in [-0.2, 0) is 6.54 Å². The van der Waals surface area contributed by atoms with Gasteiger partial charge in [-0.15, -0.1) is 0 Å². The zero-order valence-electron chi connectivity index (χ0n) is 10.9. The SMILES string of the molecule is O=C1CCn2c(-c3ccc(Br)cc3)nc3c(Cl)ccc1c32. The summed E-state index contributed by atoms with van der Waals surface area (Å²) in [5.74, 6) is 1.02. The lowest BCUT2D eigenvalue weighted by Crippen LogP contribution is -2.14. The summed E-state index contributed by atoms with van der Waals surface area (Å²) in [5.41, 5.74) is 3.30. The van der Waals surface area contributed by atoms with Crippen LogP contribution in [0.2, 0.25) is 5.02 Å². The van der Waals surface area contributed by atoms with Gasteiger partial charge in [-0.3, -0.25) is 4.79 Å². The van der Waals surface area contributed by atoms with E-state index in [2.05, 4.69) is 25.5 Å². The van der Waals surface area contributed by atoms with Crippen molar-refractivity contribution in [1.29, 1.82) is 0 Å². The minimum atomic E-state index is 0.159. The predicted octanol–water partition coefficient (Wildman–Crippen LogP) is 4.71. The third-order valence-electron chi connectivity index (χ3n) is 3.81. The Bertz CT molecular complexity index is 883. The monoisotopic (exact) mass is 360 g/mol. The van der Waals surface area contributed by atoms with Crippen LogP contribution in [0.5, 0.6) is 0 Å². The van der Waals surface area contributed by atoms with E-state index in [4.69, 9.17) is 11.6 Å². The van der Waals surface area contributed by atoms with Crippen molar-refractivity contribution >= 4 is 44.3 Å². The summed E-state index contributed by atoms with van der Waals surface area (Å²) in [6, 6.07) is 11.6. The highest BCUT2D eigenvalue weighted by atomic mass is 79.9. The predicted molar refractivity (Wildman–Crippen MR) is 86.8 cm³/mol. The van der Waals surface area contributed by atoms with Crippen molar-refractivity contribution in [3.8, 4) is 11.4 Å². The highest BCUT2D eigenvalue weighted by molar-refractivity contribution is 9.10. The number of halogens is 2. The normalized spacial score (nSPS) is 13.9. The van der Waals surface area contributed by atoms with E-state index in [1.54, 1.807) is 12.1 Å². The number of hydrogen-bond donors (Lipinski definition) is 0. The lowest BCUT2D eigenvalue weighted by Gasteiger charge is -2.16. The Morgan fingerprint density at radius 1 is 1.14 bits per heavy atom. The van der Waals surface area contributed by atoms with Crippen LogP contribution in [-0.4, -0.2) is 15.3 Å². The van der Waals surface area contributed by atoms with Crippen LogP contribution in [0.4, 0.5) is 0 Å². The molecule has 5 heteroatoms. The first-order valence-electron chi connectivity index (χ1n) is 6.63. The van der Waals surface area contributed by atoms with E-state index in [0.29, 0.717) is 23.5 Å². The topological polar surface area (TPSA) is 34.9 Å². The van der Waals surface area contributed by atoms with E-state index in [0.717, 1.165) is 26.9 Å². The van der Waals surface area contributed by atoms with Crippen LogP contribution in [0.25, 0.3) is 22.4 Å². The van der Waals surface area contributed by atoms with Gasteiger partial charge in [0.05, 0.1) is 10.5 Å². The summed E-state index contributed by atoms with van der Waals surface area (Å²) >= 11 is 9.70. The maximum absolute atomic E-state index is 12.1. The Morgan fingerprint density at radius 2 is 1.90 bits per heavy atom. The average Bonchev–Trinajstić information content (AvgIpc) is 2.87. The molecule has 4 rings (SSSR count). The van der Waals surface area contributed by atoms with Gasteiger partial charge in [-0.1, -0.05) is 39.7 Å². The van der Waals surface area contributed by atoms with Crippen LogP contribution in [0.15, 0.2) is 40.9 Å². The van der Waals surface area contributed by atoms with Crippen molar-refractivity contribution in [2.75, 3.05) is 0 Å². The first-order valence-corrected chi connectivity index (χ1v) is 7.80. The van der Waals surface area contributed by atoms with Crippen molar-refractivity contribution in [2.45, 2.75) is 13.0 Å². The average molecular weight is 362 g/mol. The second kappa shape index (κ2) is 4.68. The number of imidazole rings is 1. The zero-order valence-corrected chi connectivity index (χ0v) is 13.3. The summed E-state index contributed by atoms with van der Waals surface area (Å²) in [6.45, 7) is 0.647. The van der Waals surface area contributed by atoms with Gasteiger partial charge in [0.15, 0.2) is 5.78 Å². The third kappa shape index (κ3) is 1.93. The Hall–Kier alpha value is -1.65. The van der Waals surface area contributed by atoms with Crippen molar-refractivity contribution in [2.24, 2.45) is 0 Å². The second-order valence-electron chi connectivity index (χ2n) is 5.06. The highest BCUT2D eigenvalue weighted by Crippen LogP contribution is 2.34. The molecule has 0 aliphatic carbocycles. The van der Waals surface area contributed by atoms with E-state index < -0.39 is 0 Å². The molecule has 21 heavy (non-hydrogen) atoms. The zero-order chi connectivity index (χ0) is 14.6. The molecule has 1 aliphatic rings. The maximum atomic E-state index is 12.1. The van der Waals surface area contributed by atoms with Crippen LogP contribution < -0.4 is 0 Å². The molecule has 3 aromatic rings. The van der Waals surface area contributed by atoms with Crippen molar-refractivity contribution < 1.29 is 4.79 Å². The molecule has 0 bridgehead atoms. The van der Waals surface area contributed by atoms with E-state index in [1.807, 2.05) is 24.3 Å². The Balaban J connectivity index is 2.06. The molecular weight excluding hydrogens is 352 g/mol. The van der Waals surface area contributed by atoms with Crippen molar-refractivity contribution in [3.63, 3.8) is 0 Å². The summed E-state index contributed by atoms with van der Waals surface area (Å²) in [6.07, 6.45) is 0.504. The molecule has 1 aromatic heterocycles. The summed E-state index contributed by atoms with van der Waals surface area (Å²) in [7, 11) is 0. The molecule has 3 nitrogen and oxygen atoms in total. The van der Waals surface area contributed by atoms with Crippen LogP contribution in [0, 0.1) is 0 Å². The summed E-state index contributed by atoms with van der Waals surface area (Å²) in [5, 5.41) is 0.584. The Labute approximate surface area is 134 Å². The molecule has 104 valence electrons. The molecule has 0 radical (unpaired) electrons. The van der Waals surface area contributed by atoms with Crippen LogP contribution >= 0.6 is 27.5 Å². The van der Waals surface area contributed by atoms with Gasteiger partial charge >= 0.3 is 0 Å². The fourth-order valence-electron chi connectivity index (χ4n) is 2.82. The molecule has 0 N–H and O–H groups in total. The maximum Gasteiger partial charge on any atom is 0.166 e. The molecule has 0 atom stereocenters. The van der Waals surface area contributed by atoms with Gasteiger partial charge in [0.2, 0.25) is 0 Å². The highest BCUT2D eigenvalue weighted by Gasteiger charge is 2.25. The molecule has 0 amide bonds. The number of aryl methyl sites for hydroxylation is 1. The molecule has 0 fully saturated rings. The number of carbonyl (C=O) groups is 1. The second-order valence-corrected chi connectivity index (χ2v) is 6.38. The molecule has 0 unspecified atom stereocenters. The van der Waals surface area contributed by atoms with Gasteiger partial charge in [0.1, 0.15) is 11.3 Å². The molecular formula is C16H10BrClN2O. The van der Waals surface area contributed by atoms with E-state index in [1.165, 1.54) is 0 Å². The molecule has 0 saturated heterocycles. The Morgan fingerprint density at radius 3 is 2.67 bits per heavy atom. The summed E-state index contributed by atoms with van der Waals surface area (Å²) < 4.78 is 3.12. The largest absolute Gasteiger partial charge is 0.323 e. The van der Waals surface area contributed by atoms with E-state index in [9.17, 15) is 4.79 Å². The van der Waals surface area contributed by atoms with Gasteiger partial charge in [-0.2, -0.15) is 0 Å². The molecule has 0 spiro atoms. The number of aromatic nitrogens is 2. The molecule has 2 aromatic carbocycles. The lowest BCUT2D eigenvalue weighted by atomic mass is 10.0. The number of carbonyl (C=O) groups excluding carboxylic acids is 1. The van der Waals surface area contributed by atoms with Gasteiger partial charge < -0.3 is 4.57 Å². The quantitative estimate of drug-likeness (QED) is 0.629. The number of benzene rings is 2. The minimum absolute atomic E-state index is 0.159. The first kappa shape index (κ1) is 13.0. The van der Waals surface area contributed by atoms with Gasteiger partial charge in [-0.05, 0) is 24.3 Å². The molecule has 2 heterocycles. The van der Waals surface area contributed by atoms with Gasteiger partial charge in [-0.25, -0.2) is 4.98 Å². The van der Waals surface area contributed by atoms with E-state index >= 15 is 0 Å². The third-order valence-corrected chi connectivity index (χ3v) is 4.64. The Kier molecular flexibility index (Phi) is 2.91. The van der Waals surface area contributed by atoms with Crippen LogP contribution in [0.3, 0.4) is 0 Å². The fourth-order valence-corrected chi connectivity index (χ4v) is 3.28. The van der Waals surface area contributed by atoms with Crippen LogP contribution in [0.1, 0.15) is 16.8 Å². The number of ketones is 1. The fraction of sp³-hybridized carbons (Fsp3) is 0.125. The van der Waals surface area contributed by atoms with Crippen molar-refractivity contribution in [1.82, 2.24) is 9.55 Å². The summed E-state index contributed by atoms with van der Waals surface area (Å²) in [4.78, 5) is 16.8. The number of hydrogen-bond acceptors (Lipinski definition) is 2. The lowest BCUT2D eigenvalue weighted by molar-refractivity contribution is 0.0973.